The Balaban J connectivity index is 2.23. The summed E-state index contributed by atoms with van der Waals surface area (Å²) >= 11 is 1.57. The first-order valence-corrected chi connectivity index (χ1v) is 6.02. The summed E-state index contributed by atoms with van der Waals surface area (Å²) in [5.74, 6) is -0.558. The molecular weight excluding hydrogens is 222 g/mol. The lowest BCUT2D eigenvalue weighted by atomic mass is 9.95. The minimum absolute atomic E-state index is 0.247. The van der Waals surface area contributed by atoms with Crippen molar-refractivity contribution in [3.63, 3.8) is 0 Å². The molecule has 1 heterocycles. The molecule has 2 unspecified atom stereocenters. The average Bonchev–Trinajstić information content (AvgIpc) is 2.64. The predicted octanol–water partition coefficient (Wildman–Crippen LogP) is 1.80. The first kappa shape index (κ1) is 11.5. The molecule has 4 heteroatoms. The van der Waals surface area contributed by atoms with Crippen LogP contribution in [0.25, 0.3) is 0 Å². The Kier molecular flexibility index (Phi) is 2.95. The second-order valence-electron chi connectivity index (χ2n) is 4.09. The van der Waals surface area contributed by atoms with Gasteiger partial charge in [-0.3, -0.25) is 4.79 Å². The van der Waals surface area contributed by atoms with Gasteiger partial charge in [0.2, 0.25) is 0 Å². The van der Waals surface area contributed by atoms with Crippen LogP contribution >= 0.6 is 11.8 Å². The molecule has 16 heavy (non-hydrogen) atoms. The number of hydrogen-bond acceptors (Lipinski definition) is 4. The molecule has 0 bridgehead atoms. The molecule has 0 saturated heterocycles. The van der Waals surface area contributed by atoms with Gasteiger partial charge in [0.15, 0.2) is 0 Å². The number of ether oxygens (including phenoxy) is 1. The molecule has 3 nitrogen and oxygen atoms in total. The van der Waals surface area contributed by atoms with Gasteiger partial charge in [-0.1, -0.05) is 18.2 Å². The van der Waals surface area contributed by atoms with E-state index in [9.17, 15) is 4.79 Å². The molecule has 86 valence electrons. The summed E-state index contributed by atoms with van der Waals surface area (Å²) in [7, 11) is 1.40. The lowest BCUT2D eigenvalue weighted by molar-refractivity contribution is -0.145. The summed E-state index contributed by atoms with van der Waals surface area (Å²) in [6, 6.07) is 8.08. The molecule has 0 fully saturated rings. The van der Waals surface area contributed by atoms with Crippen LogP contribution < -0.4 is 5.73 Å². The van der Waals surface area contributed by atoms with Crippen LogP contribution in [0.15, 0.2) is 29.2 Å². The van der Waals surface area contributed by atoms with Crippen molar-refractivity contribution in [2.45, 2.75) is 23.1 Å². The van der Waals surface area contributed by atoms with Gasteiger partial charge < -0.3 is 10.5 Å². The van der Waals surface area contributed by atoms with E-state index >= 15 is 0 Å². The molecule has 0 aliphatic carbocycles. The number of carbonyl (C=O) groups is 1. The van der Waals surface area contributed by atoms with E-state index < -0.39 is 4.87 Å². The highest BCUT2D eigenvalue weighted by Crippen LogP contribution is 2.45. The summed E-state index contributed by atoms with van der Waals surface area (Å²) in [5, 5.41) is 0. The molecule has 0 saturated carbocycles. The third-order valence-electron chi connectivity index (χ3n) is 3.03. The van der Waals surface area contributed by atoms with Gasteiger partial charge in [-0.25, -0.2) is 0 Å². The highest BCUT2D eigenvalue weighted by Gasteiger charge is 2.43. The van der Waals surface area contributed by atoms with Crippen molar-refractivity contribution in [2.24, 2.45) is 11.7 Å². The largest absolute Gasteiger partial charge is 0.469 e. The maximum Gasteiger partial charge on any atom is 0.311 e. The molecular formula is C12H15NO2S. The van der Waals surface area contributed by atoms with Crippen molar-refractivity contribution in [3.8, 4) is 0 Å². The van der Waals surface area contributed by atoms with Crippen LogP contribution in [0, 0.1) is 5.92 Å². The fourth-order valence-electron chi connectivity index (χ4n) is 1.91. The maximum atomic E-state index is 11.5. The first-order valence-electron chi connectivity index (χ1n) is 5.20. The zero-order valence-corrected chi connectivity index (χ0v) is 10.2. The van der Waals surface area contributed by atoms with E-state index in [4.69, 9.17) is 10.5 Å². The van der Waals surface area contributed by atoms with Crippen LogP contribution in [0.4, 0.5) is 0 Å². The number of rotatable bonds is 2. The lowest BCUT2D eigenvalue weighted by Gasteiger charge is -2.27. The summed E-state index contributed by atoms with van der Waals surface area (Å²) in [6.07, 6.45) is 0.712. The third-order valence-corrected chi connectivity index (χ3v) is 4.52. The number of carbonyl (C=O) groups excluding carboxylic acids is 1. The van der Waals surface area contributed by atoms with Gasteiger partial charge in [0.1, 0.15) is 0 Å². The molecule has 2 rings (SSSR count). The molecule has 0 amide bonds. The topological polar surface area (TPSA) is 52.3 Å². The Morgan fingerprint density at radius 3 is 2.88 bits per heavy atom. The summed E-state index contributed by atoms with van der Waals surface area (Å²) in [5.41, 5.74) is 7.51. The fraction of sp³-hybridized carbons (Fsp3) is 0.417. The van der Waals surface area contributed by atoms with E-state index in [0.717, 1.165) is 0 Å². The number of esters is 1. The second-order valence-corrected chi connectivity index (χ2v) is 5.49. The number of benzene rings is 1. The van der Waals surface area contributed by atoms with Crippen molar-refractivity contribution in [1.29, 1.82) is 0 Å². The Morgan fingerprint density at radius 1 is 1.56 bits per heavy atom. The zero-order chi connectivity index (χ0) is 11.8. The molecule has 1 aliphatic heterocycles. The molecule has 1 aromatic carbocycles. The minimum Gasteiger partial charge on any atom is -0.469 e. The molecule has 0 radical (unpaired) electrons. The number of nitrogens with two attached hydrogens (primary N) is 1. The van der Waals surface area contributed by atoms with Gasteiger partial charge in [-0.15, -0.1) is 11.8 Å². The van der Waals surface area contributed by atoms with E-state index in [-0.39, 0.29) is 11.9 Å². The van der Waals surface area contributed by atoms with Gasteiger partial charge in [-0.2, -0.15) is 0 Å². The van der Waals surface area contributed by atoms with Crippen molar-refractivity contribution in [1.82, 2.24) is 0 Å². The number of thioether (sulfide) groups is 1. The number of hydrogen-bond donors (Lipinski definition) is 1. The quantitative estimate of drug-likeness (QED) is 0.797. The van der Waals surface area contributed by atoms with Gasteiger partial charge in [-0.05, 0) is 18.6 Å². The van der Waals surface area contributed by atoms with Crippen LogP contribution in [-0.2, 0) is 16.0 Å². The van der Waals surface area contributed by atoms with Gasteiger partial charge >= 0.3 is 5.97 Å². The van der Waals surface area contributed by atoms with Crippen LogP contribution in [0.1, 0.15) is 12.5 Å². The third kappa shape index (κ3) is 1.83. The van der Waals surface area contributed by atoms with E-state index in [1.54, 1.807) is 11.8 Å². The Hall–Kier alpha value is -1.00. The van der Waals surface area contributed by atoms with E-state index in [0.29, 0.717) is 6.42 Å². The lowest BCUT2D eigenvalue weighted by Crippen LogP contribution is -2.46. The molecule has 2 atom stereocenters. The highest BCUT2D eigenvalue weighted by molar-refractivity contribution is 8.01. The van der Waals surface area contributed by atoms with Gasteiger partial charge in [0.05, 0.1) is 17.9 Å². The zero-order valence-electron chi connectivity index (χ0n) is 9.40. The van der Waals surface area contributed by atoms with E-state index in [1.165, 1.54) is 17.6 Å². The summed E-state index contributed by atoms with van der Waals surface area (Å²) in [4.78, 5) is 12.1. The fourth-order valence-corrected chi connectivity index (χ4v) is 3.23. The molecule has 0 aromatic heterocycles. The standard InChI is InChI=1S/C12H15NO2S/c1-8(11(14)15-2)12(13)7-9-5-3-4-6-10(9)16-12/h3-6,8H,7,13H2,1-2H3. The normalized spacial score (nSPS) is 24.9. The molecule has 1 aromatic rings. The van der Waals surface area contributed by atoms with Crippen molar-refractivity contribution in [2.75, 3.05) is 7.11 Å². The van der Waals surface area contributed by atoms with Crippen molar-refractivity contribution >= 4 is 17.7 Å². The summed E-state index contributed by atoms with van der Waals surface area (Å²) < 4.78 is 4.76. The highest BCUT2D eigenvalue weighted by atomic mass is 32.2. The van der Waals surface area contributed by atoms with Gasteiger partial charge in [0, 0.05) is 11.3 Å². The van der Waals surface area contributed by atoms with Crippen LogP contribution in [0.5, 0.6) is 0 Å². The minimum atomic E-state index is -0.573. The Morgan fingerprint density at radius 2 is 2.25 bits per heavy atom. The van der Waals surface area contributed by atoms with Crippen LogP contribution in [-0.4, -0.2) is 18.0 Å². The Labute approximate surface area is 99.4 Å². The average molecular weight is 237 g/mol. The molecule has 0 spiro atoms. The maximum absolute atomic E-state index is 11.5. The van der Waals surface area contributed by atoms with Gasteiger partial charge in [0.25, 0.3) is 0 Å². The number of methoxy groups -OCH3 is 1. The Bertz CT molecular complexity index is 394. The first-order chi connectivity index (χ1) is 7.57. The monoisotopic (exact) mass is 237 g/mol. The predicted molar refractivity (Wildman–Crippen MR) is 64.1 cm³/mol. The van der Waals surface area contributed by atoms with Crippen LogP contribution in [0.2, 0.25) is 0 Å². The smallest absolute Gasteiger partial charge is 0.311 e. The van der Waals surface area contributed by atoms with E-state index in [1.807, 2.05) is 25.1 Å². The summed E-state index contributed by atoms with van der Waals surface area (Å²) in [6.45, 7) is 1.82. The number of fused-ring (bicyclic) bond motifs is 1. The molecule has 1 aliphatic rings. The molecule has 2 N–H and O–H groups in total. The van der Waals surface area contributed by atoms with E-state index in [2.05, 4.69) is 6.07 Å². The second kappa shape index (κ2) is 4.11. The van der Waals surface area contributed by atoms with Crippen LogP contribution in [0.3, 0.4) is 0 Å². The van der Waals surface area contributed by atoms with Crippen molar-refractivity contribution in [3.05, 3.63) is 29.8 Å². The van der Waals surface area contributed by atoms with Crippen molar-refractivity contribution < 1.29 is 9.53 Å². The SMILES string of the molecule is COC(=O)C(C)C1(N)Cc2ccccc2S1.